The summed E-state index contributed by atoms with van der Waals surface area (Å²) in [6.07, 6.45) is -5.42. The highest BCUT2D eigenvalue weighted by atomic mass is 19.4. The molecule has 25 heavy (non-hydrogen) atoms. The number of hydrogen-bond donors (Lipinski definition) is 4. The van der Waals surface area contributed by atoms with Crippen molar-refractivity contribution in [2.75, 3.05) is 0 Å². The number of alkyl halides is 3. The summed E-state index contributed by atoms with van der Waals surface area (Å²) in [6, 6.07) is -0.865. The van der Waals surface area contributed by atoms with Crippen LogP contribution in [0.1, 0.15) is 18.5 Å². The topological polar surface area (TPSA) is 142 Å². The quantitative estimate of drug-likeness (QED) is 0.468. The number of nitro benzene ring substituents is 1. The first-order chi connectivity index (χ1) is 11.4. The van der Waals surface area contributed by atoms with Crippen molar-refractivity contribution >= 4 is 17.5 Å². The van der Waals surface area contributed by atoms with Crippen LogP contribution in [0.5, 0.6) is 5.75 Å². The fourth-order valence-electron chi connectivity index (χ4n) is 2.69. The molecule has 9 nitrogen and oxygen atoms in total. The van der Waals surface area contributed by atoms with Crippen molar-refractivity contribution in [3.63, 3.8) is 0 Å². The number of phenols is 1. The van der Waals surface area contributed by atoms with Gasteiger partial charge in [-0.15, -0.1) is 0 Å². The molecule has 0 aliphatic carbocycles. The predicted molar refractivity (Wildman–Crippen MR) is 74.3 cm³/mol. The number of benzene rings is 1. The van der Waals surface area contributed by atoms with E-state index in [9.17, 15) is 43.1 Å². The Morgan fingerprint density at radius 2 is 2.00 bits per heavy atom. The molecule has 0 bridgehead atoms. The summed E-state index contributed by atoms with van der Waals surface area (Å²) >= 11 is 0. The number of carbonyl (C=O) groups is 2. The van der Waals surface area contributed by atoms with Gasteiger partial charge in [0.1, 0.15) is 11.5 Å². The van der Waals surface area contributed by atoms with Crippen molar-refractivity contribution in [1.29, 1.82) is 0 Å². The zero-order valence-corrected chi connectivity index (χ0v) is 12.5. The van der Waals surface area contributed by atoms with Crippen molar-refractivity contribution in [2.45, 2.75) is 24.9 Å². The summed E-state index contributed by atoms with van der Waals surface area (Å²) in [5.74, 6) is -4.14. The molecule has 0 spiro atoms. The molecule has 0 radical (unpaired) electrons. The number of amides is 2. The Morgan fingerprint density at radius 1 is 1.40 bits per heavy atom. The lowest BCUT2D eigenvalue weighted by molar-refractivity contribution is -0.385. The largest absolute Gasteiger partial charge is 0.508 e. The highest BCUT2D eigenvalue weighted by Gasteiger charge is 2.65. The second-order valence-corrected chi connectivity index (χ2v) is 5.43. The fraction of sp³-hybridized carbons (Fsp3) is 0.385. The van der Waals surface area contributed by atoms with E-state index in [1.54, 1.807) is 0 Å². The molecule has 2 amide bonds. The van der Waals surface area contributed by atoms with Gasteiger partial charge in [0.05, 0.1) is 16.9 Å². The second kappa shape index (κ2) is 5.88. The smallest absolute Gasteiger partial charge is 0.437 e. The first-order valence-corrected chi connectivity index (χ1v) is 6.74. The summed E-state index contributed by atoms with van der Waals surface area (Å²) in [5, 5.41) is 33.9. The van der Waals surface area contributed by atoms with Crippen molar-refractivity contribution in [2.24, 2.45) is 5.92 Å². The van der Waals surface area contributed by atoms with Crippen LogP contribution < -0.4 is 10.6 Å². The number of nitro groups is 1. The van der Waals surface area contributed by atoms with Crippen LogP contribution in [0.3, 0.4) is 0 Å². The monoisotopic (exact) mass is 363 g/mol. The standard InChI is InChI=1S/C13H12F3N3O6/c1-5(20)9-10(7-4-6(19(24)25)2-3-8(7)21)17-11(22)18-12(9,23)13(14,15)16/h2-4,9-10,21,23H,1H3,(H2,17,18,22)/t9-,10+,12+/m1/s1. The SMILES string of the molecule is CC(=O)[C@@H]1[C@H](c2cc([N+](=O)[O-])ccc2O)NC(=O)N[C@@]1(O)C(F)(F)F. The maximum absolute atomic E-state index is 13.3. The third-order valence-electron chi connectivity index (χ3n) is 3.80. The van der Waals surface area contributed by atoms with Gasteiger partial charge in [0.15, 0.2) is 0 Å². The number of urea groups is 1. The van der Waals surface area contributed by atoms with E-state index in [0.717, 1.165) is 25.1 Å². The average molecular weight is 363 g/mol. The van der Waals surface area contributed by atoms with Gasteiger partial charge in [0.2, 0.25) is 5.72 Å². The summed E-state index contributed by atoms with van der Waals surface area (Å²) < 4.78 is 39.9. The van der Waals surface area contributed by atoms with Gasteiger partial charge in [-0.3, -0.25) is 14.9 Å². The molecule has 136 valence electrons. The predicted octanol–water partition coefficient (Wildman–Crippen LogP) is 1.11. The van der Waals surface area contributed by atoms with Crippen molar-refractivity contribution in [3.8, 4) is 5.75 Å². The number of Topliss-reactive ketones (excluding diaryl/α,β-unsaturated/α-hetero) is 1. The second-order valence-electron chi connectivity index (χ2n) is 5.43. The molecular weight excluding hydrogens is 351 g/mol. The van der Waals surface area contributed by atoms with Crippen LogP contribution in [-0.4, -0.2) is 38.9 Å². The minimum atomic E-state index is -5.42. The molecule has 1 fully saturated rings. The van der Waals surface area contributed by atoms with Gasteiger partial charge >= 0.3 is 12.2 Å². The third-order valence-corrected chi connectivity index (χ3v) is 3.80. The molecule has 4 N–H and O–H groups in total. The molecule has 1 aliphatic rings. The Morgan fingerprint density at radius 3 is 2.48 bits per heavy atom. The Balaban J connectivity index is 2.66. The molecular formula is C13H12F3N3O6. The van der Waals surface area contributed by atoms with Crippen LogP contribution in [0, 0.1) is 16.0 Å². The lowest BCUT2D eigenvalue weighted by Gasteiger charge is -2.44. The van der Waals surface area contributed by atoms with Crippen LogP contribution >= 0.6 is 0 Å². The van der Waals surface area contributed by atoms with E-state index in [1.807, 2.05) is 5.32 Å². The van der Waals surface area contributed by atoms with Crippen LogP contribution in [0.4, 0.5) is 23.7 Å². The van der Waals surface area contributed by atoms with E-state index in [4.69, 9.17) is 0 Å². The Kier molecular flexibility index (Phi) is 4.34. The van der Waals surface area contributed by atoms with Crippen LogP contribution in [0.2, 0.25) is 0 Å². The summed E-state index contributed by atoms with van der Waals surface area (Å²) in [5.41, 5.74) is -5.01. The van der Waals surface area contributed by atoms with E-state index in [2.05, 4.69) is 0 Å². The van der Waals surface area contributed by atoms with Crippen molar-refractivity contribution in [1.82, 2.24) is 10.6 Å². The van der Waals surface area contributed by atoms with Crippen molar-refractivity contribution < 1.29 is 37.9 Å². The maximum atomic E-state index is 13.3. The molecule has 0 unspecified atom stereocenters. The number of aromatic hydroxyl groups is 1. The number of nitrogens with one attached hydrogen (secondary N) is 2. The molecule has 1 aliphatic heterocycles. The number of halogens is 3. The lowest BCUT2D eigenvalue weighted by atomic mass is 9.79. The molecule has 1 heterocycles. The number of rotatable bonds is 3. The van der Waals surface area contributed by atoms with Gasteiger partial charge in [-0.2, -0.15) is 13.2 Å². The fourth-order valence-corrected chi connectivity index (χ4v) is 2.69. The first-order valence-electron chi connectivity index (χ1n) is 6.74. The maximum Gasteiger partial charge on any atom is 0.437 e. The Labute approximate surface area is 137 Å². The van der Waals surface area contributed by atoms with Gasteiger partial charge in [-0.25, -0.2) is 4.79 Å². The van der Waals surface area contributed by atoms with Gasteiger partial charge in [0.25, 0.3) is 5.69 Å². The highest BCUT2D eigenvalue weighted by Crippen LogP contribution is 2.44. The van der Waals surface area contributed by atoms with Gasteiger partial charge < -0.3 is 20.8 Å². The third kappa shape index (κ3) is 3.07. The molecule has 2 rings (SSSR count). The number of non-ortho nitro benzene ring substituents is 1. The summed E-state index contributed by atoms with van der Waals surface area (Å²) in [6.45, 7) is 0.752. The number of hydrogen-bond acceptors (Lipinski definition) is 6. The van der Waals surface area contributed by atoms with E-state index >= 15 is 0 Å². The molecule has 1 saturated heterocycles. The number of aliphatic hydroxyl groups is 1. The number of nitrogens with zero attached hydrogens (tertiary/aromatic N) is 1. The summed E-state index contributed by atoms with van der Waals surface area (Å²) in [4.78, 5) is 33.4. The number of ketones is 1. The summed E-state index contributed by atoms with van der Waals surface area (Å²) in [7, 11) is 0. The van der Waals surface area contributed by atoms with Gasteiger partial charge in [-0.05, 0) is 13.0 Å². The molecule has 0 saturated carbocycles. The van der Waals surface area contributed by atoms with Crippen LogP contribution in [0.25, 0.3) is 0 Å². The molecule has 12 heteroatoms. The highest BCUT2D eigenvalue weighted by molar-refractivity contribution is 5.86. The Hall–Kier alpha value is -2.89. The lowest BCUT2D eigenvalue weighted by Crippen LogP contribution is -2.72. The number of phenolic OH excluding ortho intramolecular Hbond substituents is 1. The minimum Gasteiger partial charge on any atom is -0.508 e. The van der Waals surface area contributed by atoms with E-state index in [-0.39, 0.29) is 0 Å². The van der Waals surface area contributed by atoms with Crippen molar-refractivity contribution in [3.05, 3.63) is 33.9 Å². The van der Waals surface area contributed by atoms with E-state index in [0.29, 0.717) is 0 Å². The molecule has 3 atom stereocenters. The van der Waals surface area contributed by atoms with E-state index < -0.39 is 57.6 Å². The molecule has 0 aromatic heterocycles. The van der Waals surface area contributed by atoms with Gasteiger partial charge in [-0.1, -0.05) is 0 Å². The zero-order chi connectivity index (χ0) is 19.2. The average Bonchev–Trinajstić information content (AvgIpc) is 2.44. The van der Waals surface area contributed by atoms with E-state index in [1.165, 1.54) is 5.32 Å². The normalized spacial score (nSPS) is 26.5. The Bertz CT molecular complexity index is 753. The molecule has 1 aromatic carbocycles. The van der Waals surface area contributed by atoms with Crippen LogP contribution in [0.15, 0.2) is 18.2 Å². The minimum absolute atomic E-state index is 0.507. The zero-order valence-electron chi connectivity index (χ0n) is 12.5. The first kappa shape index (κ1) is 18.4. The molecule has 1 aromatic rings. The van der Waals surface area contributed by atoms with Crippen LogP contribution in [-0.2, 0) is 4.79 Å². The number of carbonyl (C=O) groups excluding carboxylic acids is 2. The van der Waals surface area contributed by atoms with Gasteiger partial charge in [0, 0.05) is 17.7 Å².